The molecule has 0 aromatic heterocycles. The minimum Gasteiger partial charge on any atom is -0.508 e. The number of phenols is 1. The predicted molar refractivity (Wildman–Crippen MR) is 121 cm³/mol. The van der Waals surface area contributed by atoms with E-state index in [1.807, 2.05) is 6.92 Å². The summed E-state index contributed by atoms with van der Waals surface area (Å²) in [5.74, 6) is -2.89. The van der Waals surface area contributed by atoms with Crippen molar-refractivity contribution >= 4 is 23.7 Å². The van der Waals surface area contributed by atoms with Crippen LogP contribution in [0.25, 0.3) is 0 Å². The maximum Gasteiger partial charge on any atom is 0.326 e. The fourth-order valence-corrected chi connectivity index (χ4v) is 3.60. The molecule has 5 unspecified atom stereocenters. The standard InChI is InChI=1S/C23H34N4O6/c1-4-13(2)19(23(32)33)27-22(31)18(12-15-7-9-16(28)10-8-15)26-20(29)14(3)25-21(30)17-6-5-11-24-17/h7-10,13-14,17-19,24,28H,4-6,11-12H2,1-3H3,(H,25,30)(H,26,29)(H,27,31)(H,32,33). The molecular weight excluding hydrogens is 428 g/mol. The van der Waals surface area contributed by atoms with Crippen LogP contribution in [0.15, 0.2) is 24.3 Å². The van der Waals surface area contributed by atoms with Crippen LogP contribution in [-0.4, -0.2) is 64.6 Å². The third-order valence-corrected chi connectivity index (χ3v) is 5.91. The highest BCUT2D eigenvalue weighted by Crippen LogP contribution is 2.13. The Morgan fingerprint density at radius 2 is 1.73 bits per heavy atom. The summed E-state index contributed by atoms with van der Waals surface area (Å²) >= 11 is 0. The Hall–Kier alpha value is -3.14. The normalized spacial score (nSPS) is 19.1. The first kappa shape index (κ1) is 26.1. The number of carbonyl (C=O) groups excluding carboxylic acids is 3. The maximum atomic E-state index is 13.0. The van der Waals surface area contributed by atoms with Crippen LogP contribution in [0, 0.1) is 5.92 Å². The number of hydrogen-bond donors (Lipinski definition) is 6. The van der Waals surface area contributed by atoms with Crippen LogP contribution in [0.5, 0.6) is 5.75 Å². The van der Waals surface area contributed by atoms with Gasteiger partial charge in [-0.05, 0) is 49.9 Å². The SMILES string of the molecule is CCC(C)C(NC(=O)C(Cc1ccc(O)cc1)NC(=O)C(C)NC(=O)C1CCCN1)C(=O)O. The molecule has 1 aromatic carbocycles. The molecule has 1 aromatic rings. The Morgan fingerprint density at radius 3 is 2.27 bits per heavy atom. The lowest BCUT2D eigenvalue weighted by Gasteiger charge is -2.26. The second-order valence-electron chi connectivity index (χ2n) is 8.52. The van der Waals surface area contributed by atoms with E-state index in [-0.39, 0.29) is 30.0 Å². The lowest BCUT2D eigenvalue weighted by atomic mass is 9.98. The zero-order chi connectivity index (χ0) is 24.5. The summed E-state index contributed by atoms with van der Waals surface area (Å²) in [5, 5.41) is 29.9. The van der Waals surface area contributed by atoms with Gasteiger partial charge in [0, 0.05) is 6.42 Å². The van der Waals surface area contributed by atoms with Crippen molar-refractivity contribution in [2.75, 3.05) is 6.54 Å². The Morgan fingerprint density at radius 1 is 1.06 bits per heavy atom. The van der Waals surface area contributed by atoms with Crippen LogP contribution >= 0.6 is 0 Å². The van der Waals surface area contributed by atoms with Crippen LogP contribution in [0.3, 0.4) is 0 Å². The fraction of sp³-hybridized carbons (Fsp3) is 0.565. The molecule has 1 aliphatic rings. The van der Waals surface area contributed by atoms with Gasteiger partial charge >= 0.3 is 5.97 Å². The van der Waals surface area contributed by atoms with E-state index >= 15 is 0 Å². The number of amides is 3. The van der Waals surface area contributed by atoms with Crippen LogP contribution in [0.2, 0.25) is 0 Å². The van der Waals surface area contributed by atoms with E-state index in [0.29, 0.717) is 18.4 Å². The number of rotatable bonds is 11. The van der Waals surface area contributed by atoms with Crippen molar-refractivity contribution in [2.45, 2.75) is 70.6 Å². The molecule has 0 bridgehead atoms. The molecule has 182 valence electrons. The Bertz CT molecular complexity index is 838. The smallest absolute Gasteiger partial charge is 0.326 e. The van der Waals surface area contributed by atoms with Gasteiger partial charge in [0.2, 0.25) is 17.7 Å². The number of carbonyl (C=O) groups is 4. The van der Waals surface area contributed by atoms with Crippen LogP contribution in [-0.2, 0) is 25.6 Å². The molecule has 0 aliphatic carbocycles. The topological polar surface area (TPSA) is 157 Å². The average Bonchev–Trinajstić information content (AvgIpc) is 3.32. The number of phenolic OH excluding ortho intramolecular Hbond substituents is 1. The summed E-state index contributed by atoms with van der Waals surface area (Å²) in [4.78, 5) is 49.7. The molecule has 10 heteroatoms. The Balaban J connectivity index is 2.12. The van der Waals surface area contributed by atoms with Crippen molar-refractivity contribution in [3.05, 3.63) is 29.8 Å². The molecule has 3 amide bonds. The number of nitrogens with one attached hydrogen (secondary N) is 4. The van der Waals surface area contributed by atoms with Crippen LogP contribution < -0.4 is 21.3 Å². The lowest BCUT2D eigenvalue weighted by molar-refractivity contribution is -0.143. The van der Waals surface area contributed by atoms with Gasteiger partial charge in [-0.1, -0.05) is 32.4 Å². The van der Waals surface area contributed by atoms with Gasteiger partial charge in [-0.25, -0.2) is 4.79 Å². The van der Waals surface area contributed by atoms with Crippen LogP contribution in [0.1, 0.15) is 45.6 Å². The van der Waals surface area contributed by atoms with Crippen molar-refractivity contribution in [1.82, 2.24) is 21.3 Å². The van der Waals surface area contributed by atoms with Crippen LogP contribution in [0.4, 0.5) is 0 Å². The molecule has 1 saturated heterocycles. The summed E-state index contributed by atoms with van der Waals surface area (Å²) in [6.07, 6.45) is 2.20. The number of carboxylic acids is 1. The minimum atomic E-state index is -1.16. The zero-order valence-electron chi connectivity index (χ0n) is 19.3. The molecule has 2 rings (SSSR count). The van der Waals surface area contributed by atoms with Gasteiger partial charge in [-0.15, -0.1) is 0 Å². The van der Waals surface area contributed by atoms with Crippen molar-refractivity contribution in [1.29, 1.82) is 0 Å². The van der Waals surface area contributed by atoms with E-state index in [9.17, 15) is 29.4 Å². The van der Waals surface area contributed by atoms with Gasteiger partial charge in [0.25, 0.3) is 0 Å². The highest BCUT2D eigenvalue weighted by molar-refractivity contribution is 5.94. The molecule has 0 radical (unpaired) electrons. The van der Waals surface area contributed by atoms with Gasteiger partial charge in [0.05, 0.1) is 6.04 Å². The van der Waals surface area contributed by atoms with E-state index in [1.165, 1.54) is 19.1 Å². The number of aromatic hydroxyl groups is 1. The molecule has 1 fully saturated rings. The van der Waals surface area contributed by atoms with E-state index in [2.05, 4.69) is 21.3 Å². The van der Waals surface area contributed by atoms with Gasteiger partial charge in [0.15, 0.2) is 0 Å². The van der Waals surface area contributed by atoms with Crippen molar-refractivity contribution < 1.29 is 29.4 Å². The zero-order valence-corrected chi connectivity index (χ0v) is 19.3. The van der Waals surface area contributed by atoms with Crippen molar-refractivity contribution in [3.63, 3.8) is 0 Å². The Kier molecular flexibility index (Phi) is 9.65. The molecule has 33 heavy (non-hydrogen) atoms. The molecule has 6 N–H and O–H groups in total. The molecule has 0 spiro atoms. The fourth-order valence-electron chi connectivity index (χ4n) is 3.60. The molecule has 1 aliphatic heterocycles. The van der Waals surface area contributed by atoms with E-state index in [1.54, 1.807) is 19.1 Å². The molecule has 10 nitrogen and oxygen atoms in total. The van der Waals surface area contributed by atoms with Gasteiger partial charge in [0.1, 0.15) is 23.9 Å². The molecular formula is C23H34N4O6. The second-order valence-corrected chi connectivity index (χ2v) is 8.52. The molecule has 5 atom stereocenters. The summed E-state index contributed by atoms with van der Waals surface area (Å²) in [7, 11) is 0. The monoisotopic (exact) mass is 462 g/mol. The highest BCUT2D eigenvalue weighted by atomic mass is 16.4. The number of benzene rings is 1. The number of hydrogen-bond acceptors (Lipinski definition) is 6. The summed E-state index contributed by atoms with van der Waals surface area (Å²) in [6.45, 7) is 5.82. The number of carboxylic acid groups (broad SMARTS) is 1. The first-order valence-electron chi connectivity index (χ1n) is 11.3. The third-order valence-electron chi connectivity index (χ3n) is 5.91. The minimum absolute atomic E-state index is 0.0587. The van der Waals surface area contributed by atoms with E-state index < -0.39 is 35.9 Å². The van der Waals surface area contributed by atoms with Gasteiger partial charge in [-0.2, -0.15) is 0 Å². The average molecular weight is 463 g/mol. The molecule has 1 heterocycles. The van der Waals surface area contributed by atoms with E-state index in [0.717, 1.165) is 13.0 Å². The largest absolute Gasteiger partial charge is 0.508 e. The van der Waals surface area contributed by atoms with Crippen molar-refractivity contribution in [2.24, 2.45) is 5.92 Å². The Labute approximate surface area is 193 Å². The van der Waals surface area contributed by atoms with Gasteiger partial charge in [-0.3, -0.25) is 14.4 Å². The molecule has 0 saturated carbocycles. The third kappa shape index (κ3) is 7.74. The lowest BCUT2D eigenvalue weighted by Crippen LogP contribution is -2.57. The first-order chi connectivity index (χ1) is 15.6. The number of aliphatic carboxylic acids is 1. The summed E-state index contributed by atoms with van der Waals surface area (Å²) in [6, 6.07) is 2.74. The predicted octanol–water partition coefficient (Wildman–Crippen LogP) is 0.292. The van der Waals surface area contributed by atoms with E-state index in [4.69, 9.17) is 0 Å². The van der Waals surface area contributed by atoms with Crippen molar-refractivity contribution in [3.8, 4) is 5.75 Å². The highest BCUT2D eigenvalue weighted by Gasteiger charge is 2.31. The quantitative estimate of drug-likeness (QED) is 0.276. The second kappa shape index (κ2) is 12.2. The summed E-state index contributed by atoms with van der Waals surface area (Å²) < 4.78 is 0. The first-order valence-corrected chi connectivity index (χ1v) is 11.3. The summed E-state index contributed by atoms with van der Waals surface area (Å²) in [5.41, 5.74) is 0.663. The van der Waals surface area contributed by atoms with Gasteiger partial charge < -0.3 is 31.5 Å². The maximum absolute atomic E-state index is 13.0.